The highest BCUT2D eigenvalue weighted by Gasteiger charge is 2.79. The first kappa shape index (κ1) is 26.5. The molecule has 5 atom stereocenters. The molecular weight excluding hydrogens is 502 g/mol. The fourth-order valence-corrected chi connectivity index (χ4v) is 6.32. The SMILES string of the molecule is CNC(=O)[C@H]1[C@@H](OC(C)=O)[C@@]2(O)c3c(OC)cc(CO)cc3O[C@@]2(c2ccc(OC)cc2)[C@@H]1c1ccccc1. The third-order valence-electron chi connectivity index (χ3n) is 7.80. The number of carbonyl (C=O) groups is 2. The van der Waals surface area contributed by atoms with Gasteiger partial charge in [0.05, 0.1) is 32.3 Å². The summed E-state index contributed by atoms with van der Waals surface area (Å²) in [7, 11) is 4.48. The standard InChI is InChI=1S/C30H31NO8/c1-17(33)38-27-24(28(34)31-2)25(19-8-6-5-7-9-19)30(20-10-12-21(36-3)13-11-20)29(27,35)26-22(37-4)14-18(16-32)15-23(26)39-30/h5-15,24-25,27,32,35H,16H2,1-4H3,(H,31,34)/t24-,25-,27-,29+,30+/m1/s1. The molecule has 1 aliphatic heterocycles. The van der Waals surface area contributed by atoms with Crippen molar-refractivity contribution in [3.05, 3.63) is 89.0 Å². The van der Waals surface area contributed by atoms with Crippen molar-refractivity contribution in [1.29, 1.82) is 0 Å². The minimum atomic E-state index is -2.08. The van der Waals surface area contributed by atoms with Crippen LogP contribution in [0.5, 0.6) is 17.2 Å². The van der Waals surface area contributed by atoms with Crippen LogP contribution in [0.2, 0.25) is 0 Å². The molecule has 0 bridgehead atoms. The fraction of sp³-hybridized carbons (Fsp3) is 0.333. The van der Waals surface area contributed by atoms with E-state index in [0.29, 0.717) is 22.4 Å². The second-order valence-electron chi connectivity index (χ2n) is 9.72. The van der Waals surface area contributed by atoms with Crippen LogP contribution >= 0.6 is 0 Å². The van der Waals surface area contributed by atoms with Crippen LogP contribution in [-0.4, -0.2) is 49.5 Å². The van der Waals surface area contributed by atoms with Gasteiger partial charge in [0.1, 0.15) is 17.2 Å². The summed E-state index contributed by atoms with van der Waals surface area (Å²) < 4.78 is 23.7. The molecule has 5 rings (SSSR count). The van der Waals surface area contributed by atoms with Gasteiger partial charge in [-0.25, -0.2) is 0 Å². The normalized spacial score (nSPS) is 26.7. The smallest absolute Gasteiger partial charge is 0.303 e. The predicted molar refractivity (Wildman–Crippen MR) is 140 cm³/mol. The molecule has 9 heteroatoms. The molecule has 39 heavy (non-hydrogen) atoms. The molecular formula is C30H31NO8. The highest BCUT2D eigenvalue weighted by molar-refractivity contribution is 5.83. The Bertz CT molecular complexity index is 1390. The lowest BCUT2D eigenvalue weighted by Crippen LogP contribution is -2.53. The van der Waals surface area contributed by atoms with Crippen molar-refractivity contribution in [2.45, 2.75) is 36.8 Å². The number of hydrogen-bond donors (Lipinski definition) is 3. The molecule has 3 aromatic carbocycles. The van der Waals surface area contributed by atoms with E-state index in [0.717, 1.165) is 0 Å². The minimum absolute atomic E-state index is 0.232. The Kier molecular flexibility index (Phi) is 6.74. The number of aliphatic hydroxyl groups excluding tert-OH is 1. The Balaban J connectivity index is 1.92. The average molecular weight is 534 g/mol. The maximum absolute atomic E-state index is 13.7. The molecule has 1 aliphatic carbocycles. The first-order valence-corrected chi connectivity index (χ1v) is 12.6. The van der Waals surface area contributed by atoms with Crippen LogP contribution in [0, 0.1) is 5.92 Å². The summed E-state index contributed by atoms with van der Waals surface area (Å²) in [5.74, 6) is -1.90. The molecule has 0 saturated heterocycles. The molecule has 204 valence electrons. The number of benzene rings is 3. The summed E-state index contributed by atoms with van der Waals surface area (Å²) in [6, 6.07) is 19.5. The van der Waals surface area contributed by atoms with Gasteiger partial charge in [-0.1, -0.05) is 42.5 Å². The quantitative estimate of drug-likeness (QED) is 0.396. The zero-order chi connectivity index (χ0) is 27.9. The van der Waals surface area contributed by atoms with Gasteiger partial charge in [-0.2, -0.15) is 0 Å². The van der Waals surface area contributed by atoms with Gasteiger partial charge in [-0.05, 0) is 41.0 Å². The van der Waals surface area contributed by atoms with E-state index in [2.05, 4.69) is 5.32 Å². The van der Waals surface area contributed by atoms with Crippen molar-refractivity contribution in [1.82, 2.24) is 5.32 Å². The largest absolute Gasteiger partial charge is 0.497 e. The van der Waals surface area contributed by atoms with Crippen molar-refractivity contribution in [3.63, 3.8) is 0 Å². The number of amides is 1. The van der Waals surface area contributed by atoms with Crippen LogP contribution in [-0.2, 0) is 32.1 Å². The monoisotopic (exact) mass is 533 g/mol. The Hall–Kier alpha value is -4.08. The number of ether oxygens (including phenoxy) is 4. The summed E-state index contributed by atoms with van der Waals surface area (Å²) in [5.41, 5.74) is -1.77. The number of fused-ring (bicyclic) bond motifs is 3. The fourth-order valence-electron chi connectivity index (χ4n) is 6.32. The van der Waals surface area contributed by atoms with Crippen LogP contribution in [0.15, 0.2) is 66.7 Å². The molecule has 3 N–H and O–H groups in total. The molecule has 1 heterocycles. The second-order valence-corrected chi connectivity index (χ2v) is 9.72. The number of methoxy groups -OCH3 is 2. The van der Waals surface area contributed by atoms with Gasteiger partial charge < -0.3 is 34.5 Å². The molecule has 3 aromatic rings. The number of aliphatic hydroxyl groups is 2. The van der Waals surface area contributed by atoms with Crippen LogP contribution in [0.25, 0.3) is 0 Å². The van der Waals surface area contributed by atoms with Crippen molar-refractivity contribution >= 4 is 11.9 Å². The van der Waals surface area contributed by atoms with Crippen LogP contribution in [0.1, 0.15) is 35.1 Å². The first-order chi connectivity index (χ1) is 18.8. The summed E-state index contributed by atoms with van der Waals surface area (Å²) >= 11 is 0. The summed E-state index contributed by atoms with van der Waals surface area (Å²) in [6.45, 7) is 0.940. The molecule has 2 aliphatic rings. The number of nitrogens with one attached hydrogen (secondary N) is 1. The number of rotatable bonds is 7. The molecule has 0 spiro atoms. The summed E-state index contributed by atoms with van der Waals surface area (Å²) in [6.07, 6.45) is -1.36. The lowest BCUT2D eigenvalue weighted by Gasteiger charge is -2.41. The molecule has 1 fully saturated rings. The van der Waals surface area contributed by atoms with Crippen LogP contribution in [0.4, 0.5) is 0 Å². The Morgan fingerprint density at radius 2 is 1.72 bits per heavy atom. The van der Waals surface area contributed by atoms with Gasteiger partial charge in [0.15, 0.2) is 17.3 Å². The number of hydrogen-bond acceptors (Lipinski definition) is 8. The molecule has 9 nitrogen and oxygen atoms in total. The van der Waals surface area contributed by atoms with Gasteiger partial charge in [0.25, 0.3) is 0 Å². The van der Waals surface area contributed by atoms with Crippen molar-refractivity contribution in [2.75, 3.05) is 21.3 Å². The van der Waals surface area contributed by atoms with Gasteiger partial charge in [-0.15, -0.1) is 0 Å². The van der Waals surface area contributed by atoms with Crippen LogP contribution in [0.3, 0.4) is 0 Å². The van der Waals surface area contributed by atoms with E-state index in [1.807, 2.05) is 30.3 Å². The molecule has 1 saturated carbocycles. The topological polar surface area (TPSA) is 124 Å². The second kappa shape index (κ2) is 9.91. The van der Waals surface area contributed by atoms with Gasteiger partial charge in [0.2, 0.25) is 5.91 Å². The average Bonchev–Trinajstić information content (AvgIpc) is 3.34. The van der Waals surface area contributed by atoms with E-state index in [4.69, 9.17) is 18.9 Å². The van der Waals surface area contributed by atoms with E-state index in [1.54, 1.807) is 43.5 Å². The van der Waals surface area contributed by atoms with Crippen molar-refractivity contribution < 1.29 is 38.7 Å². The van der Waals surface area contributed by atoms with Crippen molar-refractivity contribution in [3.8, 4) is 17.2 Å². The van der Waals surface area contributed by atoms with Gasteiger partial charge >= 0.3 is 5.97 Å². The highest BCUT2D eigenvalue weighted by atomic mass is 16.6. The maximum Gasteiger partial charge on any atom is 0.303 e. The Morgan fingerprint density at radius 1 is 1.03 bits per heavy atom. The zero-order valence-electron chi connectivity index (χ0n) is 22.1. The van der Waals surface area contributed by atoms with E-state index in [9.17, 15) is 19.8 Å². The lowest BCUT2D eigenvalue weighted by molar-refractivity contribution is -0.183. The highest BCUT2D eigenvalue weighted by Crippen LogP contribution is 2.70. The third kappa shape index (κ3) is 3.76. The van der Waals surface area contributed by atoms with E-state index in [-0.39, 0.29) is 23.7 Å². The Labute approximate surface area is 226 Å². The first-order valence-electron chi connectivity index (χ1n) is 12.6. The zero-order valence-corrected chi connectivity index (χ0v) is 22.1. The number of carbonyl (C=O) groups excluding carboxylic acids is 2. The molecule has 1 amide bonds. The summed E-state index contributed by atoms with van der Waals surface area (Å²) in [5, 5.41) is 25.7. The van der Waals surface area contributed by atoms with E-state index < -0.39 is 41.0 Å². The lowest BCUT2D eigenvalue weighted by atomic mass is 9.70. The third-order valence-corrected chi connectivity index (χ3v) is 7.80. The van der Waals surface area contributed by atoms with Crippen molar-refractivity contribution in [2.24, 2.45) is 5.92 Å². The van der Waals surface area contributed by atoms with Gasteiger partial charge in [-0.3, -0.25) is 9.59 Å². The Morgan fingerprint density at radius 3 is 2.28 bits per heavy atom. The van der Waals surface area contributed by atoms with E-state index in [1.165, 1.54) is 21.1 Å². The van der Waals surface area contributed by atoms with E-state index >= 15 is 0 Å². The molecule has 0 radical (unpaired) electrons. The van der Waals surface area contributed by atoms with Crippen LogP contribution < -0.4 is 19.5 Å². The van der Waals surface area contributed by atoms with Gasteiger partial charge in [0, 0.05) is 19.9 Å². The predicted octanol–water partition coefficient (Wildman–Crippen LogP) is 2.76. The molecule has 0 aromatic heterocycles. The maximum atomic E-state index is 13.7. The molecule has 0 unspecified atom stereocenters. The number of esters is 1. The minimum Gasteiger partial charge on any atom is -0.497 e. The summed E-state index contributed by atoms with van der Waals surface area (Å²) in [4.78, 5) is 26.2.